The van der Waals surface area contributed by atoms with Crippen molar-refractivity contribution < 1.29 is 4.42 Å². The van der Waals surface area contributed by atoms with Crippen molar-refractivity contribution in [3.05, 3.63) is 78.3 Å². The molecule has 0 unspecified atom stereocenters. The molecule has 0 spiro atoms. The van der Waals surface area contributed by atoms with Crippen LogP contribution in [0.4, 0.5) is 5.82 Å². The molecule has 3 heterocycles. The third-order valence-corrected chi connectivity index (χ3v) is 4.13. The van der Waals surface area contributed by atoms with E-state index in [0.717, 1.165) is 16.7 Å². The number of nitrogens with two attached hydrogens (primary N) is 1. The van der Waals surface area contributed by atoms with Crippen LogP contribution in [0.25, 0.3) is 22.6 Å². The van der Waals surface area contributed by atoms with Gasteiger partial charge in [-0.3, -0.25) is 4.68 Å². The first-order chi connectivity index (χ1) is 12.8. The Morgan fingerprint density at radius 1 is 1.12 bits per heavy atom. The highest BCUT2D eigenvalue weighted by Crippen LogP contribution is 2.33. The summed E-state index contributed by atoms with van der Waals surface area (Å²) in [7, 11) is 0. The van der Waals surface area contributed by atoms with E-state index in [9.17, 15) is 5.26 Å². The largest absolute Gasteiger partial charge is 0.463 e. The van der Waals surface area contributed by atoms with Gasteiger partial charge in [0.05, 0.1) is 12.8 Å². The van der Waals surface area contributed by atoms with Gasteiger partial charge in [0.1, 0.15) is 23.1 Å². The Labute approximate surface area is 150 Å². The lowest BCUT2D eigenvalue weighted by atomic mass is 9.95. The average molecular weight is 341 g/mol. The van der Waals surface area contributed by atoms with Crippen molar-refractivity contribution in [3.63, 3.8) is 0 Å². The van der Waals surface area contributed by atoms with Crippen LogP contribution in [0.2, 0.25) is 0 Å². The Morgan fingerprint density at radius 3 is 2.73 bits per heavy atom. The van der Waals surface area contributed by atoms with Crippen LogP contribution < -0.4 is 5.73 Å². The quantitative estimate of drug-likeness (QED) is 0.611. The molecular weight excluding hydrogens is 326 g/mol. The van der Waals surface area contributed by atoms with Crippen LogP contribution in [0.1, 0.15) is 11.1 Å². The molecule has 6 heteroatoms. The van der Waals surface area contributed by atoms with E-state index in [2.05, 4.69) is 16.2 Å². The summed E-state index contributed by atoms with van der Waals surface area (Å²) in [6, 6.07) is 17.4. The lowest BCUT2D eigenvalue weighted by Gasteiger charge is -2.13. The first-order valence-electron chi connectivity index (χ1n) is 8.06. The molecule has 1 aromatic carbocycles. The molecule has 4 aromatic rings. The Kier molecular flexibility index (Phi) is 3.96. The van der Waals surface area contributed by atoms with Gasteiger partial charge in [-0.05, 0) is 35.4 Å². The summed E-state index contributed by atoms with van der Waals surface area (Å²) in [6.45, 7) is 0.590. The molecule has 126 valence electrons. The zero-order valence-electron chi connectivity index (χ0n) is 13.8. The summed E-state index contributed by atoms with van der Waals surface area (Å²) < 4.78 is 7.28. The molecule has 0 bridgehead atoms. The molecule has 0 aliphatic carbocycles. The van der Waals surface area contributed by atoms with E-state index in [-0.39, 0.29) is 5.82 Å². The van der Waals surface area contributed by atoms with Gasteiger partial charge >= 0.3 is 0 Å². The van der Waals surface area contributed by atoms with Crippen molar-refractivity contribution >= 4 is 5.82 Å². The maximum atomic E-state index is 9.62. The van der Waals surface area contributed by atoms with E-state index in [0.29, 0.717) is 23.6 Å². The molecule has 0 aliphatic rings. The smallest absolute Gasteiger partial charge is 0.152 e. The van der Waals surface area contributed by atoms with Crippen LogP contribution in [0, 0.1) is 11.3 Å². The molecule has 0 saturated heterocycles. The Bertz CT molecular complexity index is 1080. The second-order valence-electron chi connectivity index (χ2n) is 5.77. The monoisotopic (exact) mass is 341 g/mol. The topological polar surface area (TPSA) is 93.7 Å². The third-order valence-electron chi connectivity index (χ3n) is 4.13. The van der Waals surface area contributed by atoms with E-state index in [1.54, 1.807) is 18.5 Å². The Hall–Kier alpha value is -3.85. The van der Waals surface area contributed by atoms with Gasteiger partial charge in [-0.15, -0.1) is 0 Å². The third kappa shape index (κ3) is 2.82. The minimum absolute atomic E-state index is 0.185. The SMILES string of the molecule is N#Cc1c(-c2ccccc2Cn2cccn2)cc(-c2ccco2)nc1N. The van der Waals surface area contributed by atoms with Crippen LogP contribution in [0.5, 0.6) is 0 Å². The minimum Gasteiger partial charge on any atom is -0.463 e. The van der Waals surface area contributed by atoms with Crippen LogP contribution in [0.3, 0.4) is 0 Å². The molecular formula is C20H15N5O. The molecule has 3 aromatic heterocycles. The highest BCUT2D eigenvalue weighted by molar-refractivity contribution is 5.80. The van der Waals surface area contributed by atoms with E-state index in [4.69, 9.17) is 10.2 Å². The number of benzene rings is 1. The van der Waals surface area contributed by atoms with Gasteiger partial charge in [0.15, 0.2) is 5.76 Å². The van der Waals surface area contributed by atoms with Crippen molar-refractivity contribution in [3.8, 4) is 28.7 Å². The Morgan fingerprint density at radius 2 is 2.00 bits per heavy atom. The zero-order valence-corrected chi connectivity index (χ0v) is 13.8. The number of rotatable bonds is 4. The molecule has 2 N–H and O–H groups in total. The van der Waals surface area contributed by atoms with Gasteiger partial charge in [-0.25, -0.2) is 4.98 Å². The van der Waals surface area contributed by atoms with Crippen molar-refractivity contribution in [2.75, 3.05) is 5.73 Å². The predicted octanol–water partition coefficient (Wildman–Crippen LogP) is 3.71. The highest BCUT2D eigenvalue weighted by atomic mass is 16.3. The molecule has 0 atom stereocenters. The van der Waals surface area contributed by atoms with Gasteiger partial charge in [0.2, 0.25) is 0 Å². The Balaban J connectivity index is 1.89. The minimum atomic E-state index is 0.185. The zero-order chi connectivity index (χ0) is 17.9. The molecule has 26 heavy (non-hydrogen) atoms. The summed E-state index contributed by atoms with van der Waals surface area (Å²) in [5.74, 6) is 0.789. The number of hydrogen-bond acceptors (Lipinski definition) is 5. The first-order valence-corrected chi connectivity index (χ1v) is 8.06. The fourth-order valence-electron chi connectivity index (χ4n) is 2.93. The fraction of sp³-hybridized carbons (Fsp3) is 0.0500. The maximum Gasteiger partial charge on any atom is 0.152 e. The number of furan rings is 1. The normalized spacial score (nSPS) is 10.6. The summed E-state index contributed by atoms with van der Waals surface area (Å²) in [4.78, 5) is 4.32. The van der Waals surface area contributed by atoms with E-state index < -0.39 is 0 Å². The van der Waals surface area contributed by atoms with Crippen LogP contribution in [-0.4, -0.2) is 14.8 Å². The number of nitrogen functional groups attached to an aromatic ring is 1. The number of nitriles is 1. The number of pyridine rings is 1. The van der Waals surface area contributed by atoms with Crippen molar-refractivity contribution in [1.82, 2.24) is 14.8 Å². The van der Waals surface area contributed by atoms with E-state index in [1.807, 2.05) is 53.3 Å². The van der Waals surface area contributed by atoms with Gasteiger partial charge < -0.3 is 10.2 Å². The summed E-state index contributed by atoms with van der Waals surface area (Å²) in [5.41, 5.74) is 9.70. The molecule has 0 amide bonds. The maximum absolute atomic E-state index is 9.62. The van der Waals surface area contributed by atoms with Crippen LogP contribution in [-0.2, 0) is 6.54 Å². The lowest BCUT2D eigenvalue weighted by Crippen LogP contribution is -2.04. The van der Waals surface area contributed by atoms with Crippen molar-refractivity contribution in [2.24, 2.45) is 0 Å². The molecule has 0 fully saturated rings. The van der Waals surface area contributed by atoms with Crippen LogP contribution in [0.15, 0.2) is 71.6 Å². The number of hydrogen-bond donors (Lipinski definition) is 1. The molecule has 0 saturated carbocycles. The molecule has 4 rings (SSSR count). The number of anilines is 1. The predicted molar refractivity (Wildman–Crippen MR) is 97.8 cm³/mol. The van der Waals surface area contributed by atoms with Gasteiger partial charge in [-0.2, -0.15) is 10.4 Å². The van der Waals surface area contributed by atoms with Gasteiger partial charge in [0.25, 0.3) is 0 Å². The van der Waals surface area contributed by atoms with Crippen molar-refractivity contribution in [2.45, 2.75) is 6.54 Å². The standard InChI is InChI=1S/C20H15N5O/c21-12-17-16(11-18(24-20(17)22)19-7-3-10-26-19)15-6-2-1-5-14(15)13-25-9-4-8-23-25/h1-11H,13H2,(H2,22,24). The van der Waals surface area contributed by atoms with E-state index >= 15 is 0 Å². The van der Waals surface area contributed by atoms with Gasteiger partial charge in [-0.1, -0.05) is 24.3 Å². The lowest BCUT2D eigenvalue weighted by molar-refractivity contribution is 0.580. The van der Waals surface area contributed by atoms with Crippen molar-refractivity contribution in [1.29, 1.82) is 5.26 Å². The summed E-state index contributed by atoms with van der Waals surface area (Å²) >= 11 is 0. The average Bonchev–Trinajstić information content (AvgIpc) is 3.35. The number of nitrogens with zero attached hydrogens (tertiary/aromatic N) is 4. The second-order valence-corrected chi connectivity index (χ2v) is 5.77. The number of aromatic nitrogens is 3. The first kappa shape index (κ1) is 15.7. The summed E-state index contributed by atoms with van der Waals surface area (Å²) in [5, 5.41) is 13.9. The van der Waals surface area contributed by atoms with Crippen LogP contribution >= 0.6 is 0 Å². The second kappa shape index (κ2) is 6.57. The van der Waals surface area contributed by atoms with E-state index in [1.165, 1.54) is 0 Å². The van der Waals surface area contributed by atoms with Gasteiger partial charge in [0, 0.05) is 18.0 Å². The summed E-state index contributed by atoms with van der Waals surface area (Å²) in [6.07, 6.45) is 5.22. The molecule has 0 aliphatic heterocycles. The highest BCUT2D eigenvalue weighted by Gasteiger charge is 2.17. The fourth-order valence-corrected chi connectivity index (χ4v) is 2.93. The molecule has 0 radical (unpaired) electrons. The molecule has 6 nitrogen and oxygen atoms in total.